The fourth-order valence-electron chi connectivity index (χ4n) is 1.83. The molecule has 0 aliphatic rings. The first kappa shape index (κ1) is 14.3. The standard InChI is InChI=1S/C13H19FN2O2/c1-8(2)7-9(3)18-11-6-4-5-10(14)12(11)13(15)16-17/h4-6,8-9,17H,7H2,1-3H3,(H2,15,16). The molecule has 0 aliphatic carbocycles. The molecule has 18 heavy (non-hydrogen) atoms. The van der Waals surface area contributed by atoms with Gasteiger partial charge in [0.2, 0.25) is 0 Å². The van der Waals surface area contributed by atoms with Crippen molar-refractivity contribution in [3.05, 3.63) is 29.6 Å². The molecule has 1 atom stereocenters. The first-order chi connectivity index (χ1) is 8.45. The number of nitrogens with two attached hydrogens (primary N) is 1. The smallest absolute Gasteiger partial charge is 0.176 e. The molecule has 0 saturated heterocycles. The number of halogens is 1. The van der Waals surface area contributed by atoms with Gasteiger partial charge in [0.15, 0.2) is 5.84 Å². The predicted molar refractivity (Wildman–Crippen MR) is 68.5 cm³/mol. The molecule has 0 radical (unpaired) electrons. The lowest BCUT2D eigenvalue weighted by Crippen LogP contribution is -2.20. The van der Waals surface area contributed by atoms with Crippen molar-refractivity contribution in [3.63, 3.8) is 0 Å². The van der Waals surface area contributed by atoms with Gasteiger partial charge in [0.25, 0.3) is 0 Å². The number of nitrogens with zero attached hydrogens (tertiary/aromatic N) is 1. The Morgan fingerprint density at radius 2 is 2.11 bits per heavy atom. The Balaban J connectivity index is 2.99. The zero-order chi connectivity index (χ0) is 13.7. The van der Waals surface area contributed by atoms with Crippen molar-refractivity contribution in [2.75, 3.05) is 0 Å². The lowest BCUT2D eigenvalue weighted by Gasteiger charge is -2.18. The molecule has 3 N–H and O–H groups in total. The molecule has 0 saturated carbocycles. The van der Waals surface area contributed by atoms with Crippen molar-refractivity contribution in [2.24, 2.45) is 16.8 Å². The maximum absolute atomic E-state index is 13.6. The fraction of sp³-hybridized carbons (Fsp3) is 0.462. The van der Waals surface area contributed by atoms with Crippen LogP contribution in [0.25, 0.3) is 0 Å². The molecule has 1 unspecified atom stereocenters. The van der Waals surface area contributed by atoms with E-state index in [0.717, 1.165) is 6.42 Å². The molecule has 5 heteroatoms. The highest BCUT2D eigenvalue weighted by Gasteiger charge is 2.16. The molecular weight excluding hydrogens is 235 g/mol. The number of benzene rings is 1. The average molecular weight is 254 g/mol. The maximum Gasteiger partial charge on any atom is 0.176 e. The minimum Gasteiger partial charge on any atom is -0.490 e. The van der Waals surface area contributed by atoms with Crippen LogP contribution in [0.15, 0.2) is 23.4 Å². The maximum atomic E-state index is 13.6. The van der Waals surface area contributed by atoms with Crippen molar-refractivity contribution in [3.8, 4) is 5.75 Å². The molecule has 1 aromatic carbocycles. The molecule has 0 aromatic heterocycles. The van der Waals surface area contributed by atoms with Gasteiger partial charge >= 0.3 is 0 Å². The van der Waals surface area contributed by atoms with E-state index in [-0.39, 0.29) is 17.5 Å². The number of oxime groups is 1. The minimum absolute atomic E-state index is 0.00407. The van der Waals surface area contributed by atoms with Crippen LogP contribution in [-0.4, -0.2) is 17.1 Å². The molecule has 0 amide bonds. The molecule has 0 aliphatic heterocycles. The zero-order valence-electron chi connectivity index (χ0n) is 10.9. The van der Waals surface area contributed by atoms with Crippen molar-refractivity contribution in [1.29, 1.82) is 0 Å². The van der Waals surface area contributed by atoms with Crippen molar-refractivity contribution >= 4 is 5.84 Å². The Labute approximate surface area is 106 Å². The number of amidine groups is 1. The van der Waals surface area contributed by atoms with Crippen molar-refractivity contribution in [2.45, 2.75) is 33.3 Å². The van der Waals surface area contributed by atoms with Crippen molar-refractivity contribution in [1.82, 2.24) is 0 Å². The quantitative estimate of drug-likeness (QED) is 0.367. The second-order valence-corrected chi connectivity index (χ2v) is 4.66. The number of hydrogen-bond donors (Lipinski definition) is 2. The zero-order valence-corrected chi connectivity index (χ0v) is 10.9. The molecule has 1 aromatic rings. The summed E-state index contributed by atoms with van der Waals surface area (Å²) in [6, 6.07) is 4.38. The Hall–Kier alpha value is -1.78. The topological polar surface area (TPSA) is 67.8 Å². The Morgan fingerprint density at radius 3 is 2.67 bits per heavy atom. The van der Waals surface area contributed by atoms with Crippen LogP contribution in [0.5, 0.6) is 5.75 Å². The number of ether oxygens (including phenoxy) is 1. The summed E-state index contributed by atoms with van der Waals surface area (Å²) in [5, 5.41) is 11.5. The second kappa shape index (κ2) is 6.23. The van der Waals surface area contributed by atoms with E-state index in [9.17, 15) is 4.39 Å². The van der Waals surface area contributed by atoms with Gasteiger partial charge in [0, 0.05) is 0 Å². The lowest BCUT2D eigenvalue weighted by molar-refractivity contribution is 0.192. The van der Waals surface area contributed by atoms with Gasteiger partial charge in [-0.2, -0.15) is 0 Å². The molecule has 0 spiro atoms. The largest absolute Gasteiger partial charge is 0.490 e. The normalized spacial score (nSPS) is 13.7. The van der Waals surface area contributed by atoms with Gasteiger partial charge in [0.05, 0.1) is 11.7 Å². The SMILES string of the molecule is CC(C)CC(C)Oc1cccc(F)c1C(N)=NO. The monoisotopic (exact) mass is 254 g/mol. The van der Waals surface area contributed by atoms with Gasteiger partial charge in [-0.1, -0.05) is 25.1 Å². The van der Waals surface area contributed by atoms with E-state index in [1.165, 1.54) is 12.1 Å². The van der Waals surface area contributed by atoms with Crippen LogP contribution in [0, 0.1) is 11.7 Å². The highest BCUT2D eigenvalue weighted by molar-refractivity contribution is 5.99. The third kappa shape index (κ3) is 3.61. The van der Waals surface area contributed by atoms with Crippen LogP contribution < -0.4 is 10.5 Å². The third-order valence-corrected chi connectivity index (χ3v) is 2.47. The Morgan fingerprint density at radius 1 is 1.44 bits per heavy atom. The molecule has 0 fully saturated rings. The summed E-state index contributed by atoms with van der Waals surface area (Å²) in [6.07, 6.45) is 0.767. The Bertz CT molecular complexity index is 433. The molecule has 100 valence electrons. The van der Waals surface area contributed by atoms with Crippen LogP contribution in [-0.2, 0) is 0 Å². The van der Waals surface area contributed by atoms with Gasteiger partial charge in [-0.15, -0.1) is 0 Å². The van der Waals surface area contributed by atoms with E-state index in [2.05, 4.69) is 19.0 Å². The summed E-state index contributed by atoms with van der Waals surface area (Å²) in [5.74, 6) is -0.0984. The average Bonchev–Trinajstić information content (AvgIpc) is 2.27. The van der Waals surface area contributed by atoms with Crippen LogP contribution in [0.2, 0.25) is 0 Å². The van der Waals surface area contributed by atoms with Crippen LogP contribution >= 0.6 is 0 Å². The summed E-state index contributed by atoms with van der Waals surface area (Å²) in [6.45, 7) is 6.06. The summed E-state index contributed by atoms with van der Waals surface area (Å²) in [4.78, 5) is 0. The van der Waals surface area contributed by atoms with E-state index < -0.39 is 5.82 Å². The van der Waals surface area contributed by atoms with Gasteiger partial charge in [0.1, 0.15) is 11.6 Å². The summed E-state index contributed by atoms with van der Waals surface area (Å²) in [7, 11) is 0. The number of rotatable bonds is 5. The van der Waals surface area contributed by atoms with E-state index in [1.54, 1.807) is 6.07 Å². The van der Waals surface area contributed by atoms with Gasteiger partial charge in [-0.05, 0) is 31.4 Å². The summed E-state index contributed by atoms with van der Waals surface area (Å²) >= 11 is 0. The lowest BCUT2D eigenvalue weighted by atomic mass is 10.1. The highest BCUT2D eigenvalue weighted by atomic mass is 19.1. The fourth-order valence-corrected chi connectivity index (χ4v) is 1.83. The van der Waals surface area contributed by atoms with Crippen LogP contribution in [0.4, 0.5) is 4.39 Å². The van der Waals surface area contributed by atoms with Gasteiger partial charge in [-0.3, -0.25) is 0 Å². The molecule has 0 heterocycles. The molecular formula is C13H19FN2O2. The molecule has 1 rings (SSSR count). The predicted octanol–water partition coefficient (Wildman–Crippen LogP) is 2.73. The highest BCUT2D eigenvalue weighted by Crippen LogP contribution is 2.23. The molecule has 4 nitrogen and oxygen atoms in total. The number of hydrogen-bond acceptors (Lipinski definition) is 3. The van der Waals surface area contributed by atoms with Crippen LogP contribution in [0.3, 0.4) is 0 Å². The van der Waals surface area contributed by atoms with E-state index >= 15 is 0 Å². The van der Waals surface area contributed by atoms with Gasteiger partial charge < -0.3 is 15.7 Å². The second-order valence-electron chi connectivity index (χ2n) is 4.66. The Kier molecular flexibility index (Phi) is 4.95. The van der Waals surface area contributed by atoms with Crippen molar-refractivity contribution < 1.29 is 14.3 Å². The first-order valence-corrected chi connectivity index (χ1v) is 5.88. The van der Waals surface area contributed by atoms with E-state index in [1.807, 2.05) is 6.92 Å². The van der Waals surface area contributed by atoms with Gasteiger partial charge in [-0.25, -0.2) is 4.39 Å². The van der Waals surface area contributed by atoms with E-state index in [0.29, 0.717) is 11.7 Å². The first-order valence-electron chi connectivity index (χ1n) is 5.88. The van der Waals surface area contributed by atoms with E-state index in [4.69, 9.17) is 15.7 Å². The minimum atomic E-state index is -0.570. The van der Waals surface area contributed by atoms with Crippen LogP contribution in [0.1, 0.15) is 32.8 Å². The molecule has 0 bridgehead atoms. The summed E-state index contributed by atoms with van der Waals surface area (Å²) in [5.41, 5.74) is 5.45. The third-order valence-electron chi connectivity index (χ3n) is 2.47. The summed E-state index contributed by atoms with van der Waals surface area (Å²) < 4.78 is 19.3.